The first-order valence-corrected chi connectivity index (χ1v) is 5.14. The monoisotopic (exact) mass is 243 g/mol. The maximum absolute atomic E-state index is 5.60. The van der Waals surface area contributed by atoms with E-state index in [1.807, 2.05) is 31.2 Å². The second kappa shape index (κ2) is 5.37. The molecule has 1 atom stereocenters. The van der Waals surface area contributed by atoms with E-state index < -0.39 is 0 Å². The molecule has 13 heavy (non-hydrogen) atoms. The van der Waals surface area contributed by atoms with Gasteiger partial charge in [-0.05, 0) is 24.6 Å². The maximum Gasteiger partial charge on any atom is 0.0947 e. The number of nitrogens with two attached hydrogens (primary N) is 1. The van der Waals surface area contributed by atoms with Crippen LogP contribution in [0.2, 0.25) is 0 Å². The first-order valence-electron chi connectivity index (χ1n) is 4.35. The Labute approximate surface area is 87.2 Å². The van der Waals surface area contributed by atoms with E-state index in [0.29, 0.717) is 13.2 Å². The molecule has 0 unspecified atom stereocenters. The van der Waals surface area contributed by atoms with Gasteiger partial charge in [-0.2, -0.15) is 0 Å². The van der Waals surface area contributed by atoms with Crippen molar-refractivity contribution in [2.45, 2.75) is 13.0 Å². The Kier molecular flexibility index (Phi) is 4.42. The fourth-order valence-electron chi connectivity index (χ4n) is 1.21. The van der Waals surface area contributed by atoms with Crippen molar-refractivity contribution in [1.82, 2.24) is 0 Å². The van der Waals surface area contributed by atoms with E-state index in [1.54, 1.807) is 0 Å². The summed E-state index contributed by atoms with van der Waals surface area (Å²) in [5.41, 5.74) is 6.72. The molecule has 72 valence electrons. The molecule has 0 saturated heterocycles. The Hall–Kier alpha value is -0.380. The topological polar surface area (TPSA) is 35.2 Å². The van der Waals surface area contributed by atoms with Gasteiger partial charge in [0.1, 0.15) is 0 Å². The van der Waals surface area contributed by atoms with Crippen molar-refractivity contribution in [3.8, 4) is 0 Å². The second-order valence-corrected chi connectivity index (χ2v) is 3.65. The highest BCUT2D eigenvalue weighted by atomic mass is 79.9. The highest BCUT2D eigenvalue weighted by Gasteiger charge is 2.08. The summed E-state index contributed by atoms with van der Waals surface area (Å²) in [6, 6.07) is 8.04. The Bertz CT molecular complexity index is 265. The molecule has 0 aliphatic rings. The standard InChI is InChI=1S/C10H14BrNO/c1-2-13-10(7-12)8-4-3-5-9(11)6-8/h3-6,10H,2,7,12H2,1H3/t10-/m0/s1. The van der Waals surface area contributed by atoms with E-state index in [0.717, 1.165) is 10.0 Å². The van der Waals surface area contributed by atoms with E-state index in [1.165, 1.54) is 0 Å². The molecule has 0 amide bonds. The van der Waals surface area contributed by atoms with Gasteiger partial charge in [-0.3, -0.25) is 0 Å². The summed E-state index contributed by atoms with van der Waals surface area (Å²) in [7, 11) is 0. The molecule has 0 aliphatic carbocycles. The van der Waals surface area contributed by atoms with E-state index in [2.05, 4.69) is 15.9 Å². The van der Waals surface area contributed by atoms with Gasteiger partial charge in [-0.15, -0.1) is 0 Å². The number of ether oxygens (including phenoxy) is 1. The second-order valence-electron chi connectivity index (χ2n) is 2.73. The van der Waals surface area contributed by atoms with Crippen molar-refractivity contribution in [3.63, 3.8) is 0 Å². The lowest BCUT2D eigenvalue weighted by atomic mass is 10.1. The predicted molar refractivity (Wildman–Crippen MR) is 57.6 cm³/mol. The molecular weight excluding hydrogens is 230 g/mol. The smallest absolute Gasteiger partial charge is 0.0947 e. The fraction of sp³-hybridized carbons (Fsp3) is 0.400. The summed E-state index contributed by atoms with van der Waals surface area (Å²) in [6.45, 7) is 3.18. The van der Waals surface area contributed by atoms with Crippen LogP contribution in [0.4, 0.5) is 0 Å². The van der Waals surface area contributed by atoms with Gasteiger partial charge in [0, 0.05) is 17.6 Å². The van der Waals surface area contributed by atoms with Crippen LogP contribution < -0.4 is 5.73 Å². The summed E-state index contributed by atoms with van der Waals surface area (Å²) in [6.07, 6.45) is 0.0162. The SMILES string of the molecule is CCO[C@@H](CN)c1cccc(Br)c1. The third-order valence-electron chi connectivity index (χ3n) is 1.80. The number of benzene rings is 1. The predicted octanol–water partition coefficient (Wildman–Crippen LogP) is 2.49. The average molecular weight is 244 g/mol. The summed E-state index contributed by atoms with van der Waals surface area (Å²) < 4.78 is 6.54. The minimum atomic E-state index is 0.0162. The van der Waals surface area contributed by atoms with Crippen LogP contribution in [0.15, 0.2) is 28.7 Å². The van der Waals surface area contributed by atoms with Gasteiger partial charge in [0.25, 0.3) is 0 Å². The lowest BCUT2D eigenvalue weighted by Gasteiger charge is -2.15. The molecule has 1 rings (SSSR count). The molecule has 3 heteroatoms. The van der Waals surface area contributed by atoms with Gasteiger partial charge in [0.05, 0.1) is 6.10 Å². The molecule has 2 N–H and O–H groups in total. The first kappa shape index (κ1) is 10.7. The summed E-state index contributed by atoms with van der Waals surface area (Å²) in [5, 5.41) is 0. The van der Waals surface area contributed by atoms with Gasteiger partial charge >= 0.3 is 0 Å². The molecule has 0 fully saturated rings. The van der Waals surface area contributed by atoms with E-state index in [-0.39, 0.29) is 6.10 Å². The Morgan fingerprint density at radius 1 is 1.54 bits per heavy atom. The van der Waals surface area contributed by atoms with E-state index in [9.17, 15) is 0 Å². The van der Waals surface area contributed by atoms with Crippen LogP contribution >= 0.6 is 15.9 Å². The van der Waals surface area contributed by atoms with Crippen LogP contribution in [0.1, 0.15) is 18.6 Å². The highest BCUT2D eigenvalue weighted by molar-refractivity contribution is 9.10. The normalized spacial score (nSPS) is 12.8. The third kappa shape index (κ3) is 3.10. The van der Waals surface area contributed by atoms with Crippen LogP contribution in [0.5, 0.6) is 0 Å². The fourth-order valence-corrected chi connectivity index (χ4v) is 1.63. The Morgan fingerprint density at radius 3 is 2.85 bits per heavy atom. The average Bonchev–Trinajstić information content (AvgIpc) is 2.14. The Morgan fingerprint density at radius 2 is 2.31 bits per heavy atom. The van der Waals surface area contributed by atoms with Crippen LogP contribution in [0, 0.1) is 0 Å². The van der Waals surface area contributed by atoms with Crippen LogP contribution in [-0.4, -0.2) is 13.2 Å². The minimum absolute atomic E-state index is 0.0162. The molecule has 0 saturated carbocycles. The number of hydrogen-bond donors (Lipinski definition) is 1. The van der Waals surface area contributed by atoms with Gasteiger partial charge in [0.2, 0.25) is 0 Å². The van der Waals surface area contributed by atoms with Crippen molar-refractivity contribution < 1.29 is 4.74 Å². The van der Waals surface area contributed by atoms with Crippen molar-refractivity contribution in [3.05, 3.63) is 34.3 Å². The molecule has 2 nitrogen and oxygen atoms in total. The van der Waals surface area contributed by atoms with E-state index in [4.69, 9.17) is 10.5 Å². The van der Waals surface area contributed by atoms with Crippen molar-refractivity contribution >= 4 is 15.9 Å². The first-order chi connectivity index (χ1) is 6.27. The summed E-state index contributed by atoms with van der Waals surface area (Å²) in [4.78, 5) is 0. The number of rotatable bonds is 4. The molecule has 1 aromatic carbocycles. The molecule has 0 heterocycles. The van der Waals surface area contributed by atoms with Gasteiger partial charge in [0.15, 0.2) is 0 Å². The molecule has 0 aliphatic heterocycles. The largest absolute Gasteiger partial charge is 0.372 e. The molecule has 0 radical (unpaired) electrons. The highest BCUT2D eigenvalue weighted by Crippen LogP contribution is 2.20. The third-order valence-corrected chi connectivity index (χ3v) is 2.30. The van der Waals surface area contributed by atoms with Gasteiger partial charge in [-0.1, -0.05) is 28.1 Å². The molecule has 1 aromatic rings. The minimum Gasteiger partial charge on any atom is -0.372 e. The van der Waals surface area contributed by atoms with Crippen molar-refractivity contribution in [2.75, 3.05) is 13.2 Å². The zero-order valence-corrected chi connectivity index (χ0v) is 9.25. The summed E-state index contributed by atoms with van der Waals surface area (Å²) >= 11 is 3.41. The lowest BCUT2D eigenvalue weighted by Crippen LogP contribution is -2.15. The molecular formula is C10H14BrNO. The van der Waals surface area contributed by atoms with Crippen LogP contribution in [0.25, 0.3) is 0 Å². The van der Waals surface area contributed by atoms with Gasteiger partial charge < -0.3 is 10.5 Å². The zero-order valence-electron chi connectivity index (χ0n) is 7.66. The molecule has 0 aromatic heterocycles. The Balaban J connectivity index is 2.78. The number of hydrogen-bond acceptors (Lipinski definition) is 2. The molecule has 0 bridgehead atoms. The van der Waals surface area contributed by atoms with Crippen LogP contribution in [0.3, 0.4) is 0 Å². The van der Waals surface area contributed by atoms with Crippen molar-refractivity contribution in [2.24, 2.45) is 5.73 Å². The lowest BCUT2D eigenvalue weighted by molar-refractivity contribution is 0.0688. The van der Waals surface area contributed by atoms with Gasteiger partial charge in [-0.25, -0.2) is 0 Å². The summed E-state index contributed by atoms with van der Waals surface area (Å²) in [5.74, 6) is 0. The molecule has 0 spiro atoms. The quantitative estimate of drug-likeness (QED) is 0.883. The van der Waals surface area contributed by atoms with Crippen molar-refractivity contribution in [1.29, 1.82) is 0 Å². The zero-order chi connectivity index (χ0) is 9.68. The maximum atomic E-state index is 5.60. The van der Waals surface area contributed by atoms with Crippen LogP contribution in [-0.2, 0) is 4.74 Å². The number of halogens is 1. The van der Waals surface area contributed by atoms with E-state index >= 15 is 0 Å².